The Bertz CT molecular complexity index is 1010. The van der Waals surface area contributed by atoms with Crippen molar-refractivity contribution >= 4 is 22.8 Å². The topological polar surface area (TPSA) is 94.1 Å². The first-order valence-corrected chi connectivity index (χ1v) is 10.2. The highest BCUT2D eigenvalue weighted by molar-refractivity contribution is 5.87. The number of aromatic amines is 1. The number of anilines is 1. The summed E-state index contributed by atoms with van der Waals surface area (Å²) >= 11 is 0. The van der Waals surface area contributed by atoms with E-state index >= 15 is 0 Å². The van der Waals surface area contributed by atoms with Crippen LogP contribution < -0.4 is 10.2 Å². The Morgan fingerprint density at radius 1 is 1.28 bits per heavy atom. The third-order valence-corrected chi connectivity index (χ3v) is 6.43. The minimum absolute atomic E-state index is 0.00900. The lowest BCUT2D eigenvalue weighted by molar-refractivity contribution is -0.128. The second kappa shape index (κ2) is 7.15. The average Bonchev–Trinajstić information content (AvgIpc) is 3.34. The van der Waals surface area contributed by atoms with E-state index in [2.05, 4.69) is 25.2 Å². The lowest BCUT2D eigenvalue weighted by Crippen LogP contribution is -2.48. The van der Waals surface area contributed by atoms with Crippen molar-refractivity contribution in [2.45, 2.75) is 25.4 Å². The third kappa shape index (κ3) is 3.35. The molecule has 1 saturated heterocycles. The molecule has 2 aliphatic rings. The monoisotopic (exact) mass is 391 g/mol. The largest absolute Gasteiger partial charge is 0.387 e. The normalized spacial score (nSPS) is 21.3. The number of H-pyrrole nitrogens is 1. The van der Waals surface area contributed by atoms with Gasteiger partial charge in [-0.25, -0.2) is 9.97 Å². The smallest absolute Gasteiger partial charge is 0.223 e. The number of carbonyl (C=O) groups is 1. The molecule has 0 bridgehead atoms. The lowest BCUT2D eigenvalue weighted by Gasteiger charge is -2.39. The average molecular weight is 391 g/mol. The van der Waals surface area contributed by atoms with Gasteiger partial charge in [0.25, 0.3) is 0 Å². The number of fused-ring (bicyclic) bond motifs is 1. The molecule has 1 aliphatic carbocycles. The number of carbonyl (C=O) groups excluding carboxylic acids is 1. The molecule has 2 atom stereocenters. The molecule has 1 unspecified atom stereocenters. The van der Waals surface area contributed by atoms with Crippen LogP contribution >= 0.6 is 0 Å². The second-order valence-electron chi connectivity index (χ2n) is 8.23. The van der Waals surface area contributed by atoms with Gasteiger partial charge in [0.1, 0.15) is 17.8 Å². The van der Waals surface area contributed by atoms with Crippen molar-refractivity contribution in [2.24, 2.45) is 11.3 Å². The number of hydrogen-bond acceptors (Lipinski definition) is 5. The Hall–Kier alpha value is -2.93. The van der Waals surface area contributed by atoms with E-state index in [1.807, 2.05) is 42.6 Å². The number of benzene rings is 1. The Labute approximate surface area is 169 Å². The molecule has 7 heteroatoms. The fourth-order valence-corrected chi connectivity index (χ4v) is 4.64. The lowest BCUT2D eigenvalue weighted by atomic mass is 9.81. The minimum atomic E-state index is -0.682. The molecule has 2 aromatic heterocycles. The maximum Gasteiger partial charge on any atom is 0.223 e. The Morgan fingerprint density at radius 3 is 2.90 bits per heavy atom. The molecule has 1 saturated carbocycles. The maximum absolute atomic E-state index is 12.9. The van der Waals surface area contributed by atoms with Gasteiger partial charge >= 0.3 is 0 Å². The quantitative estimate of drug-likeness (QED) is 0.621. The van der Waals surface area contributed by atoms with Crippen molar-refractivity contribution in [3.63, 3.8) is 0 Å². The van der Waals surface area contributed by atoms with Gasteiger partial charge in [-0.2, -0.15) is 0 Å². The number of piperidine rings is 1. The Kier molecular flexibility index (Phi) is 4.47. The molecule has 1 amide bonds. The van der Waals surface area contributed by atoms with Crippen molar-refractivity contribution in [3.8, 4) is 0 Å². The van der Waals surface area contributed by atoms with Crippen molar-refractivity contribution < 1.29 is 9.90 Å². The number of nitrogens with zero attached hydrogens (tertiary/aromatic N) is 3. The number of rotatable bonds is 5. The summed E-state index contributed by atoms with van der Waals surface area (Å²) in [4.78, 5) is 27.2. The van der Waals surface area contributed by atoms with Gasteiger partial charge in [-0.05, 0) is 36.3 Å². The zero-order valence-electron chi connectivity index (χ0n) is 16.2. The van der Waals surface area contributed by atoms with Crippen molar-refractivity contribution in [2.75, 3.05) is 24.5 Å². The van der Waals surface area contributed by atoms with Crippen LogP contribution in [0.15, 0.2) is 48.9 Å². The number of aliphatic hydroxyl groups excluding tert-OH is 1. The van der Waals surface area contributed by atoms with Crippen LogP contribution in [0.3, 0.4) is 0 Å². The van der Waals surface area contributed by atoms with E-state index in [4.69, 9.17) is 0 Å². The van der Waals surface area contributed by atoms with E-state index in [0.29, 0.717) is 0 Å². The van der Waals surface area contributed by atoms with Crippen LogP contribution in [0, 0.1) is 11.3 Å². The van der Waals surface area contributed by atoms with Gasteiger partial charge in [-0.15, -0.1) is 0 Å². The highest BCUT2D eigenvalue weighted by atomic mass is 16.3. The van der Waals surface area contributed by atoms with E-state index in [1.54, 1.807) is 6.33 Å². The van der Waals surface area contributed by atoms with Crippen LogP contribution in [0.4, 0.5) is 5.82 Å². The van der Waals surface area contributed by atoms with E-state index in [9.17, 15) is 9.90 Å². The van der Waals surface area contributed by atoms with E-state index < -0.39 is 6.10 Å². The van der Waals surface area contributed by atoms with Gasteiger partial charge in [-0.3, -0.25) is 4.79 Å². The SMILES string of the molecule is O=C(NC[C@@H](O)c1ccccc1)C1CCN(c2ncnc3[nH]ccc23)CC12CC2. The second-order valence-corrected chi connectivity index (χ2v) is 8.23. The first kappa shape index (κ1) is 18.1. The summed E-state index contributed by atoms with van der Waals surface area (Å²) in [6.07, 6.45) is 5.71. The summed E-state index contributed by atoms with van der Waals surface area (Å²) < 4.78 is 0. The highest BCUT2D eigenvalue weighted by Crippen LogP contribution is 2.56. The first-order chi connectivity index (χ1) is 14.2. The molecule has 3 aromatic rings. The Balaban J connectivity index is 1.25. The van der Waals surface area contributed by atoms with E-state index in [-0.39, 0.29) is 23.8 Å². The molecule has 29 heavy (non-hydrogen) atoms. The number of aliphatic hydroxyl groups is 1. The Morgan fingerprint density at radius 2 is 2.10 bits per heavy atom. The van der Waals surface area contributed by atoms with Crippen LogP contribution in [0.5, 0.6) is 0 Å². The molecule has 2 fully saturated rings. The number of nitrogens with one attached hydrogen (secondary N) is 2. The molecular formula is C22H25N5O2. The number of aromatic nitrogens is 3. The number of amides is 1. The molecule has 5 rings (SSSR count). The molecule has 150 valence electrons. The van der Waals surface area contributed by atoms with Crippen molar-refractivity contribution in [3.05, 3.63) is 54.5 Å². The van der Waals surface area contributed by atoms with Crippen molar-refractivity contribution in [1.29, 1.82) is 0 Å². The molecule has 3 heterocycles. The van der Waals surface area contributed by atoms with Crippen LogP contribution in [0.1, 0.15) is 30.9 Å². The summed E-state index contributed by atoms with van der Waals surface area (Å²) in [6, 6.07) is 11.5. The van der Waals surface area contributed by atoms with Crippen molar-refractivity contribution in [1.82, 2.24) is 20.3 Å². The number of hydrogen-bond donors (Lipinski definition) is 3. The molecule has 3 N–H and O–H groups in total. The molecule has 1 aromatic carbocycles. The molecular weight excluding hydrogens is 366 g/mol. The summed E-state index contributed by atoms with van der Waals surface area (Å²) in [7, 11) is 0. The van der Waals surface area contributed by atoms with Crippen LogP contribution in [-0.2, 0) is 4.79 Å². The summed E-state index contributed by atoms with van der Waals surface area (Å²) in [5.41, 5.74) is 1.69. The summed E-state index contributed by atoms with van der Waals surface area (Å²) in [5.74, 6) is 0.998. The highest BCUT2D eigenvalue weighted by Gasteiger charge is 2.55. The van der Waals surface area contributed by atoms with Gasteiger partial charge in [0, 0.05) is 31.7 Å². The zero-order chi connectivity index (χ0) is 19.8. The predicted octanol–water partition coefficient (Wildman–Crippen LogP) is 2.41. The summed E-state index contributed by atoms with van der Waals surface area (Å²) in [6.45, 7) is 1.87. The zero-order valence-corrected chi connectivity index (χ0v) is 16.2. The summed E-state index contributed by atoms with van der Waals surface area (Å²) in [5, 5.41) is 14.4. The van der Waals surface area contributed by atoms with E-state index in [0.717, 1.165) is 54.8 Å². The third-order valence-electron chi connectivity index (χ3n) is 6.43. The predicted molar refractivity (Wildman–Crippen MR) is 110 cm³/mol. The molecule has 7 nitrogen and oxygen atoms in total. The first-order valence-electron chi connectivity index (χ1n) is 10.2. The fraction of sp³-hybridized carbons (Fsp3) is 0.409. The maximum atomic E-state index is 12.9. The fourth-order valence-electron chi connectivity index (χ4n) is 4.64. The van der Waals surface area contributed by atoms with Gasteiger partial charge in [0.2, 0.25) is 5.91 Å². The molecule has 1 aliphatic heterocycles. The van der Waals surface area contributed by atoms with Crippen LogP contribution in [0.25, 0.3) is 11.0 Å². The van der Waals surface area contributed by atoms with E-state index in [1.165, 1.54) is 0 Å². The van der Waals surface area contributed by atoms with Crippen LogP contribution in [0.2, 0.25) is 0 Å². The van der Waals surface area contributed by atoms with Gasteiger partial charge in [-0.1, -0.05) is 30.3 Å². The molecule has 0 radical (unpaired) electrons. The minimum Gasteiger partial charge on any atom is -0.387 e. The molecule has 1 spiro atoms. The van der Waals surface area contributed by atoms with Crippen LogP contribution in [-0.4, -0.2) is 45.6 Å². The standard InChI is InChI=1S/C22H25N5O2/c28-18(15-4-2-1-3-5-15)12-24-21(29)17-7-11-27(13-22(17)8-9-22)20-16-6-10-23-19(16)25-14-26-20/h1-6,10,14,17-18,28H,7-9,11-13H2,(H,24,29)(H,23,25,26)/t17?,18-/m1/s1. The van der Waals surface area contributed by atoms with Gasteiger partial charge in [0.15, 0.2) is 0 Å². The van der Waals surface area contributed by atoms with Gasteiger partial charge in [0.05, 0.1) is 11.5 Å². The van der Waals surface area contributed by atoms with Gasteiger partial charge < -0.3 is 20.3 Å².